The molecule has 0 radical (unpaired) electrons. The highest BCUT2D eigenvalue weighted by molar-refractivity contribution is 5.78. The molecule has 0 aliphatic carbocycles. The molecule has 2 heteroatoms. The minimum Gasteiger partial charge on any atom is -0.398 e. The second kappa shape index (κ2) is 3.97. The molecule has 1 nitrogen and oxygen atoms in total. The highest BCUT2D eigenvalue weighted by Crippen LogP contribution is 2.31. The van der Waals surface area contributed by atoms with Crippen molar-refractivity contribution in [3.8, 4) is 11.1 Å². The van der Waals surface area contributed by atoms with Gasteiger partial charge in [0.2, 0.25) is 0 Å². The molecule has 2 rings (SSSR count). The Morgan fingerprint density at radius 1 is 1.06 bits per heavy atom. The van der Waals surface area contributed by atoms with Gasteiger partial charge in [0.05, 0.1) is 0 Å². The predicted molar refractivity (Wildman–Crippen MR) is 65.7 cm³/mol. The van der Waals surface area contributed by atoms with Crippen molar-refractivity contribution in [2.45, 2.75) is 13.8 Å². The van der Waals surface area contributed by atoms with Crippen molar-refractivity contribution in [2.24, 2.45) is 0 Å². The van der Waals surface area contributed by atoms with E-state index < -0.39 is 0 Å². The van der Waals surface area contributed by atoms with Gasteiger partial charge in [0.15, 0.2) is 0 Å². The lowest BCUT2D eigenvalue weighted by molar-refractivity contribution is 0.629. The molecule has 16 heavy (non-hydrogen) atoms. The molecule has 2 aromatic rings. The fraction of sp³-hybridized carbons (Fsp3) is 0.143. The molecule has 0 aromatic heterocycles. The molecule has 0 heterocycles. The van der Waals surface area contributed by atoms with Gasteiger partial charge in [-0.1, -0.05) is 24.3 Å². The van der Waals surface area contributed by atoms with Gasteiger partial charge in [-0.05, 0) is 37.1 Å². The van der Waals surface area contributed by atoms with Gasteiger partial charge < -0.3 is 5.73 Å². The maximum atomic E-state index is 13.9. The third-order valence-electron chi connectivity index (χ3n) is 2.66. The largest absolute Gasteiger partial charge is 0.398 e. The van der Waals surface area contributed by atoms with Crippen molar-refractivity contribution in [3.63, 3.8) is 0 Å². The van der Waals surface area contributed by atoms with Crippen LogP contribution in [0.1, 0.15) is 11.1 Å². The first kappa shape index (κ1) is 10.7. The first-order valence-corrected chi connectivity index (χ1v) is 5.21. The number of halogens is 1. The van der Waals surface area contributed by atoms with E-state index >= 15 is 0 Å². The summed E-state index contributed by atoms with van der Waals surface area (Å²) < 4.78 is 13.9. The highest BCUT2D eigenvalue weighted by Gasteiger charge is 2.11. The van der Waals surface area contributed by atoms with Crippen LogP contribution >= 0.6 is 0 Å². The van der Waals surface area contributed by atoms with E-state index in [1.165, 1.54) is 6.07 Å². The van der Waals surface area contributed by atoms with Crippen LogP contribution in [0.5, 0.6) is 0 Å². The van der Waals surface area contributed by atoms with Crippen LogP contribution in [0.25, 0.3) is 11.1 Å². The van der Waals surface area contributed by atoms with Crippen LogP contribution in [0.4, 0.5) is 10.1 Å². The van der Waals surface area contributed by atoms with Gasteiger partial charge in [0.1, 0.15) is 5.82 Å². The van der Waals surface area contributed by atoms with E-state index in [2.05, 4.69) is 0 Å². The predicted octanol–water partition coefficient (Wildman–Crippen LogP) is 3.69. The van der Waals surface area contributed by atoms with Crippen LogP contribution in [0.2, 0.25) is 0 Å². The molecule has 0 spiro atoms. The van der Waals surface area contributed by atoms with Crippen LogP contribution < -0.4 is 5.73 Å². The molecule has 0 amide bonds. The van der Waals surface area contributed by atoms with Crippen molar-refractivity contribution in [2.75, 3.05) is 5.73 Å². The van der Waals surface area contributed by atoms with Crippen molar-refractivity contribution in [3.05, 3.63) is 53.3 Å². The first-order valence-electron chi connectivity index (χ1n) is 5.21. The minimum atomic E-state index is -0.213. The Kier molecular flexibility index (Phi) is 2.65. The van der Waals surface area contributed by atoms with Crippen molar-refractivity contribution in [1.82, 2.24) is 0 Å². The lowest BCUT2D eigenvalue weighted by Gasteiger charge is -2.11. The number of aryl methyl sites for hydroxylation is 2. The van der Waals surface area contributed by atoms with Crippen LogP contribution in [0.3, 0.4) is 0 Å². The van der Waals surface area contributed by atoms with Gasteiger partial charge in [0, 0.05) is 16.8 Å². The van der Waals surface area contributed by atoms with E-state index in [0.717, 1.165) is 16.7 Å². The number of rotatable bonds is 1. The summed E-state index contributed by atoms with van der Waals surface area (Å²) >= 11 is 0. The lowest BCUT2D eigenvalue weighted by Crippen LogP contribution is -1.95. The second-order valence-electron chi connectivity index (χ2n) is 4.03. The Balaban J connectivity index is 2.70. The summed E-state index contributed by atoms with van der Waals surface area (Å²) in [6, 6.07) is 10.8. The number of hydrogen-bond donors (Lipinski definition) is 1. The van der Waals surface area contributed by atoms with Crippen LogP contribution in [-0.2, 0) is 0 Å². The van der Waals surface area contributed by atoms with Gasteiger partial charge in [0.25, 0.3) is 0 Å². The maximum absolute atomic E-state index is 13.9. The number of nitrogen functional groups attached to an aromatic ring is 1. The molecule has 0 aliphatic heterocycles. The molecule has 0 atom stereocenters. The van der Waals surface area contributed by atoms with E-state index in [0.29, 0.717) is 11.3 Å². The maximum Gasteiger partial charge on any atom is 0.131 e. The Hall–Kier alpha value is -1.83. The smallest absolute Gasteiger partial charge is 0.131 e. The summed E-state index contributed by atoms with van der Waals surface area (Å²) in [4.78, 5) is 0. The van der Waals surface area contributed by atoms with E-state index in [9.17, 15) is 4.39 Å². The molecule has 2 N–H and O–H groups in total. The number of hydrogen-bond acceptors (Lipinski definition) is 1. The molecule has 0 fully saturated rings. The quantitative estimate of drug-likeness (QED) is 0.721. The van der Waals surface area contributed by atoms with E-state index in [1.807, 2.05) is 38.1 Å². The molecule has 0 saturated heterocycles. The Bertz CT molecular complexity index is 509. The third-order valence-corrected chi connectivity index (χ3v) is 2.66. The molecule has 0 unspecified atom stereocenters. The molecular weight excluding hydrogens is 201 g/mol. The SMILES string of the molecule is Cc1cc(C)c(-c2ccccc2N)c(F)c1. The van der Waals surface area contributed by atoms with Crippen LogP contribution in [0.15, 0.2) is 36.4 Å². The van der Waals surface area contributed by atoms with Gasteiger partial charge in [-0.25, -0.2) is 4.39 Å². The highest BCUT2D eigenvalue weighted by atomic mass is 19.1. The minimum absolute atomic E-state index is 0.213. The summed E-state index contributed by atoms with van der Waals surface area (Å²) in [7, 11) is 0. The number of benzene rings is 2. The summed E-state index contributed by atoms with van der Waals surface area (Å²) in [6.07, 6.45) is 0. The van der Waals surface area contributed by atoms with Crippen molar-refractivity contribution < 1.29 is 4.39 Å². The zero-order chi connectivity index (χ0) is 11.7. The summed E-state index contributed by atoms with van der Waals surface area (Å²) in [5.74, 6) is -0.213. The van der Waals surface area contributed by atoms with E-state index in [4.69, 9.17) is 5.73 Å². The number of para-hydroxylation sites is 1. The standard InChI is InChI=1S/C14H14FN/c1-9-7-10(2)14(12(15)8-9)11-5-3-4-6-13(11)16/h3-8H,16H2,1-2H3. The summed E-state index contributed by atoms with van der Waals surface area (Å²) in [6.45, 7) is 3.78. The molecule has 0 bridgehead atoms. The van der Waals surface area contributed by atoms with Gasteiger partial charge in [-0.3, -0.25) is 0 Å². The number of nitrogens with two attached hydrogens (primary N) is 1. The van der Waals surface area contributed by atoms with Crippen LogP contribution in [0, 0.1) is 19.7 Å². The van der Waals surface area contributed by atoms with E-state index in [-0.39, 0.29) is 5.82 Å². The Morgan fingerprint density at radius 2 is 1.75 bits per heavy atom. The number of anilines is 1. The van der Waals surface area contributed by atoms with Gasteiger partial charge >= 0.3 is 0 Å². The summed E-state index contributed by atoms with van der Waals surface area (Å²) in [5, 5.41) is 0. The molecule has 0 aliphatic rings. The fourth-order valence-corrected chi connectivity index (χ4v) is 1.98. The van der Waals surface area contributed by atoms with Gasteiger partial charge in [-0.2, -0.15) is 0 Å². The second-order valence-corrected chi connectivity index (χ2v) is 4.03. The van der Waals surface area contributed by atoms with Gasteiger partial charge in [-0.15, -0.1) is 0 Å². The first-order chi connectivity index (χ1) is 7.59. The zero-order valence-corrected chi connectivity index (χ0v) is 9.42. The molecule has 2 aromatic carbocycles. The third kappa shape index (κ3) is 1.78. The zero-order valence-electron chi connectivity index (χ0n) is 9.42. The fourth-order valence-electron chi connectivity index (χ4n) is 1.98. The molecule has 82 valence electrons. The molecular formula is C14H14FN. The molecule has 0 saturated carbocycles. The monoisotopic (exact) mass is 215 g/mol. The average molecular weight is 215 g/mol. The topological polar surface area (TPSA) is 26.0 Å². The normalized spacial score (nSPS) is 10.4. The average Bonchev–Trinajstić information content (AvgIpc) is 2.19. The Morgan fingerprint density at radius 3 is 2.38 bits per heavy atom. The van der Waals surface area contributed by atoms with Crippen molar-refractivity contribution >= 4 is 5.69 Å². The van der Waals surface area contributed by atoms with Crippen molar-refractivity contribution in [1.29, 1.82) is 0 Å². The van der Waals surface area contributed by atoms with E-state index in [1.54, 1.807) is 6.07 Å². The lowest BCUT2D eigenvalue weighted by atomic mass is 9.97. The Labute approximate surface area is 94.7 Å². The summed E-state index contributed by atoms with van der Waals surface area (Å²) in [5.41, 5.74) is 9.67. The van der Waals surface area contributed by atoms with Crippen LogP contribution in [-0.4, -0.2) is 0 Å².